The van der Waals surface area contributed by atoms with Crippen LogP contribution in [0.4, 0.5) is 0 Å². The van der Waals surface area contributed by atoms with Crippen LogP contribution >= 0.6 is 39.5 Å². The number of rotatable bonds is 11. The molecule has 1 aromatic rings. The molecule has 1 atom stereocenters. The van der Waals surface area contributed by atoms with Gasteiger partial charge in [0.05, 0.1) is 21.2 Å². The highest BCUT2D eigenvalue weighted by Gasteiger charge is 2.35. The standard InChI is InChI=1S/C19H30Br2NO4P/c1-2-3-4-5-6-7-10-26-19-17(20)11-15(12-18(19)21)13-22-9-8-16(14-22)27(23,24)25/h11-12,16H,2-10,13-14H2,1H3,(H2,23,24,25). The van der Waals surface area contributed by atoms with E-state index < -0.39 is 13.3 Å². The molecule has 1 aromatic carbocycles. The van der Waals surface area contributed by atoms with Gasteiger partial charge in [-0.25, -0.2) is 0 Å². The molecule has 1 saturated heterocycles. The molecule has 1 heterocycles. The van der Waals surface area contributed by atoms with Crippen LogP contribution in [0.5, 0.6) is 5.75 Å². The molecule has 0 spiro atoms. The number of halogens is 2. The van der Waals surface area contributed by atoms with Crippen molar-refractivity contribution in [2.24, 2.45) is 0 Å². The minimum atomic E-state index is -3.99. The zero-order valence-corrected chi connectivity index (χ0v) is 19.9. The van der Waals surface area contributed by atoms with Crippen LogP contribution in [0.25, 0.3) is 0 Å². The highest BCUT2D eigenvalue weighted by Crippen LogP contribution is 2.45. The van der Waals surface area contributed by atoms with Crippen molar-refractivity contribution in [3.8, 4) is 5.75 Å². The van der Waals surface area contributed by atoms with Gasteiger partial charge in [0, 0.05) is 13.1 Å². The Kier molecular flexibility index (Phi) is 9.80. The summed E-state index contributed by atoms with van der Waals surface area (Å²) in [5.74, 6) is 0.821. The second-order valence-corrected chi connectivity index (χ2v) is 10.9. The average Bonchev–Trinajstić information content (AvgIpc) is 3.05. The number of likely N-dealkylation sites (tertiary alicyclic amines) is 1. The minimum Gasteiger partial charge on any atom is -0.491 e. The van der Waals surface area contributed by atoms with Crippen molar-refractivity contribution in [2.75, 3.05) is 19.7 Å². The van der Waals surface area contributed by atoms with E-state index in [0.29, 0.717) is 32.7 Å². The second kappa shape index (κ2) is 11.3. The molecule has 154 valence electrons. The van der Waals surface area contributed by atoms with Gasteiger partial charge >= 0.3 is 7.60 Å². The molecule has 2 N–H and O–H groups in total. The van der Waals surface area contributed by atoms with Gasteiger partial charge in [-0.1, -0.05) is 39.0 Å². The van der Waals surface area contributed by atoms with Crippen LogP contribution in [0.1, 0.15) is 57.4 Å². The molecule has 1 aliphatic rings. The fraction of sp³-hybridized carbons (Fsp3) is 0.684. The van der Waals surface area contributed by atoms with Crippen molar-refractivity contribution < 1.29 is 19.1 Å². The predicted octanol–water partition coefficient (Wildman–Crippen LogP) is 5.70. The number of hydrogen-bond donors (Lipinski definition) is 2. The largest absolute Gasteiger partial charge is 0.491 e. The number of hydrogen-bond acceptors (Lipinski definition) is 3. The zero-order chi connectivity index (χ0) is 19.9. The van der Waals surface area contributed by atoms with Crippen LogP contribution in [-0.2, 0) is 11.1 Å². The molecule has 0 aromatic heterocycles. The molecule has 0 amide bonds. The Morgan fingerprint density at radius 3 is 2.37 bits per heavy atom. The molecule has 0 radical (unpaired) electrons. The van der Waals surface area contributed by atoms with Crippen LogP contribution < -0.4 is 4.74 Å². The lowest BCUT2D eigenvalue weighted by Crippen LogP contribution is -2.21. The minimum absolute atomic E-state index is 0.440. The molecule has 5 nitrogen and oxygen atoms in total. The van der Waals surface area contributed by atoms with Crippen LogP contribution in [0.2, 0.25) is 0 Å². The van der Waals surface area contributed by atoms with Crippen molar-refractivity contribution in [1.82, 2.24) is 4.90 Å². The molecular weight excluding hydrogens is 497 g/mol. The van der Waals surface area contributed by atoms with E-state index in [1.807, 2.05) is 12.1 Å². The lowest BCUT2D eigenvalue weighted by Gasteiger charge is -2.18. The van der Waals surface area contributed by atoms with E-state index in [-0.39, 0.29) is 0 Å². The lowest BCUT2D eigenvalue weighted by atomic mass is 10.1. The molecule has 0 aliphatic carbocycles. The maximum atomic E-state index is 11.4. The monoisotopic (exact) mass is 525 g/mol. The van der Waals surface area contributed by atoms with Crippen LogP contribution in [-0.4, -0.2) is 40.0 Å². The molecule has 0 bridgehead atoms. The molecule has 8 heteroatoms. The first-order valence-electron chi connectivity index (χ1n) is 9.69. The quantitative estimate of drug-likeness (QED) is 0.286. The van der Waals surface area contributed by atoms with Gasteiger partial charge < -0.3 is 14.5 Å². The third-order valence-electron chi connectivity index (χ3n) is 4.93. The number of benzene rings is 1. The third-order valence-corrected chi connectivity index (χ3v) is 7.48. The maximum absolute atomic E-state index is 11.4. The first-order valence-corrected chi connectivity index (χ1v) is 13.0. The molecule has 0 saturated carbocycles. The molecule has 2 rings (SSSR count). The van der Waals surface area contributed by atoms with Gasteiger partial charge in [-0.2, -0.15) is 0 Å². The summed E-state index contributed by atoms with van der Waals surface area (Å²) < 4.78 is 19.2. The Hall–Kier alpha value is 0.0900. The van der Waals surface area contributed by atoms with Gasteiger partial charge in [0.25, 0.3) is 0 Å². The first-order chi connectivity index (χ1) is 12.8. The van der Waals surface area contributed by atoms with Gasteiger partial charge in [-0.15, -0.1) is 0 Å². The summed E-state index contributed by atoms with van der Waals surface area (Å²) in [6.45, 7) is 4.75. The van der Waals surface area contributed by atoms with Gasteiger partial charge in [0.2, 0.25) is 0 Å². The predicted molar refractivity (Wildman–Crippen MR) is 116 cm³/mol. The van der Waals surface area contributed by atoms with E-state index in [1.165, 1.54) is 32.1 Å². The van der Waals surface area contributed by atoms with E-state index in [2.05, 4.69) is 43.7 Å². The fourth-order valence-electron chi connectivity index (χ4n) is 3.39. The van der Waals surface area contributed by atoms with E-state index in [9.17, 15) is 14.4 Å². The van der Waals surface area contributed by atoms with Crippen molar-refractivity contribution >= 4 is 39.5 Å². The first kappa shape index (κ1) is 23.4. The zero-order valence-electron chi connectivity index (χ0n) is 15.9. The van der Waals surface area contributed by atoms with Gasteiger partial charge in [0.15, 0.2) is 0 Å². The van der Waals surface area contributed by atoms with Crippen molar-refractivity contribution in [2.45, 2.75) is 64.1 Å². The Morgan fingerprint density at radius 1 is 1.15 bits per heavy atom. The molecular formula is C19H30Br2NO4P. The van der Waals surface area contributed by atoms with Crippen molar-refractivity contribution in [3.63, 3.8) is 0 Å². The van der Waals surface area contributed by atoms with E-state index >= 15 is 0 Å². The van der Waals surface area contributed by atoms with Crippen LogP contribution in [0.3, 0.4) is 0 Å². The van der Waals surface area contributed by atoms with Gasteiger partial charge in [-0.05, 0) is 68.9 Å². The van der Waals surface area contributed by atoms with E-state index in [4.69, 9.17) is 4.74 Å². The fourth-order valence-corrected chi connectivity index (χ4v) is 5.79. The summed E-state index contributed by atoms with van der Waals surface area (Å²) in [6, 6.07) is 4.07. The third kappa shape index (κ3) is 7.79. The Morgan fingerprint density at radius 2 is 1.78 bits per heavy atom. The second-order valence-electron chi connectivity index (χ2n) is 7.27. The SMILES string of the molecule is CCCCCCCCOc1c(Br)cc(CN2CCC(P(=O)(O)O)C2)cc1Br. The molecule has 1 fully saturated rings. The Balaban J connectivity index is 1.83. The summed E-state index contributed by atoms with van der Waals surface area (Å²) in [6.07, 6.45) is 7.95. The maximum Gasteiger partial charge on any atom is 0.329 e. The Labute approximate surface area is 179 Å². The van der Waals surface area contributed by atoms with Crippen LogP contribution in [0.15, 0.2) is 21.1 Å². The van der Waals surface area contributed by atoms with Crippen LogP contribution in [0, 0.1) is 0 Å². The average molecular weight is 527 g/mol. The normalized spacial score (nSPS) is 18.2. The lowest BCUT2D eigenvalue weighted by molar-refractivity contribution is 0.299. The highest BCUT2D eigenvalue weighted by atomic mass is 79.9. The summed E-state index contributed by atoms with van der Waals surface area (Å²) in [5, 5.41) is 0. The van der Waals surface area contributed by atoms with E-state index in [0.717, 1.165) is 26.7 Å². The number of nitrogens with zero attached hydrogens (tertiary/aromatic N) is 1. The molecule has 1 aliphatic heterocycles. The topological polar surface area (TPSA) is 70.0 Å². The summed E-state index contributed by atoms with van der Waals surface area (Å²) in [7, 11) is -3.99. The van der Waals surface area contributed by atoms with Gasteiger partial charge in [-0.3, -0.25) is 9.46 Å². The summed E-state index contributed by atoms with van der Waals surface area (Å²) in [4.78, 5) is 20.8. The highest BCUT2D eigenvalue weighted by molar-refractivity contribution is 9.11. The summed E-state index contributed by atoms with van der Waals surface area (Å²) in [5.41, 5.74) is 0.552. The van der Waals surface area contributed by atoms with Crippen molar-refractivity contribution in [1.29, 1.82) is 0 Å². The van der Waals surface area contributed by atoms with E-state index in [1.54, 1.807) is 0 Å². The van der Waals surface area contributed by atoms with Crippen molar-refractivity contribution in [3.05, 3.63) is 26.6 Å². The number of ether oxygens (including phenoxy) is 1. The molecule has 27 heavy (non-hydrogen) atoms. The smallest absolute Gasteiger partial charge is 0.329 e. The Bertz CT molecular complexity index is 630. The van der Waals surface area contributed by atoms with Gasteiger partial charge in [0.1, 0.15) is 5.75 Å². The molecule has 1 unspecified atom stereocenters. The summed E-state index contributed by atoms with van der Waals surface area (Å²) >= 11 is 7.19. The number of unbranched alkanes of at least 4 members (excludes halogenated alkanes) is 5.